The molecule has 2 N–H and O–H groups in total. The van der Waals surface area contributed by atoms with E-state index in [0.717, 1.165) is 31.8 Å². The quantitative estimate of drug-likeness (QED) is 0.841. The summed E-state index contributed by atoms with van der Waals surface area (Å²) in [6.07, 6.45) is 8.34. The smallest absolute Gasteiger partial charge is 0.0948 e. The minimum atomic E-state index is -0.0741. The zero-order valence-electron chi connectivity index (χ0n) is 11.5. The zero-order valence-corrected chi connectivity index (χ0v) is 11.5. The van der Waals surface area contributed by atoms with Gasteiger partial charge in [-0.3, -0.25) is 0 Å². The van der Waals surface area contributed by atoms with Gasteiger partial charge < -0.3 is 15.0 Å². The standard InChI is InChI=1S/C14H25N3O/c1-3-17-11-15-8-13(17)9-16-14(10-18)6-4-12(2)5-7-14/h8,11-12,16,18H,3-7,9-10H2,1-2H3. The van der Waals surface area contributed by atoms with E-state index >= 15 is 0 Å². The van der Waals surface area contributed by atoms with Crippen molar-refractivity contribution in [1.82, 2.24) is 14.9 Å². The van der Waals surface area contributed by atoms with E-state index in [9.17, 15) is 5.11 Å². The molecular weight excluding hydrogens is 226 g/mol. The minimum Gasteiger partial charge on any atom is -0.394 e. The van der Waals surface area contributed by atoms with Crippen LogP contribution in [-0.4, -0.2) is 26.8 Å². The third-order valence-corrected chi connectivity index (χ3v) is 4.32. The first-order valence-corrected chi connectivity index (χ1v) is 7.04. The highest BCUT2D eigenvalue weighted by Crippen LogP contribution is 2.31. The topological polar surface area (TPSA) is 50.1 Å². The maximum atomic E-state index is 9.70. The average Bonchev–Trinajstić information content (AvgIpc) is 2.86. The maximum absolute atomic E-state index is 9.70. The van der Waals surface area contributed by atoms with E-state index in [1.54, 1.807) is 0 Å². The molecule has 2 rings (SSSR count). The van der Waals surface area contributed by atoms with E-state index < -0.39 is 0 Å². The van der Waals surface area contributed by atoms with Crippen LogP contribution in [0.2, 0.25) is 0 Å². The number of nitrogens with one attached hydrogen (secondary N) is 1. The van der Waals surface area contributed by atoms with Crippen LogP contribution in [0.3, 0.4) is 0 Å². The molecule has 1 aromatic rings. The fraction of sp³-hybridized carbons (Fsp3) is 0.786. The minimum absolute atomic E-state index is 0.0741. The van der Waals surface area contributed by atoms with Crippen molar-refractivity contribution in [1.29, 1.82) is 0 Å². The first kappa shape index (κ1) is 13.6. The number of nitrogens with zero attached hydrogens (tertiary/aromatic N) is 2. The second-order valence-electron chi connectivity index (χ2n) is 5.65. The van der Waals surface area contributed by atoms with E-state index in [1.807, 2.05) is 12.5 Å². The lowest BCUT2D eigenvalue weighted by atomic mass is 9.77. The number of rotatable bonds is 5. The van der Waals surface area contributed by atoms with Crippen molar-refractivity contribution in [3.63, 3.8) is 0 Å². The van der Waals surface area contributed by atoms with E-state index in [1.165, 1.54) is 18.5 Å². The molecule has 0 bridgehead atoms. The van der Waals surface area contributed by atoms with Gasteiger partial charge in [0.05, 0.1) is 18.6 Å². The molecule has 1 saturated carbocycles. The van der Waals surface area contributed by atoms with Crippen LogP contribution in [-0.2, 0) is 13.1 Å². The number of aromatic nitrogens is 2. The molecular formula is C14H25N3O. The Hall–Kier alpha value is -0.870. The molecule has 1 fully saturated rings. The van der Waals surface area contributed by atoms with Gasteiger partial charge in [-0.1, -0.05) is 6.92 Å². The van der Waals surface area contributed by atoms with Gasteiger partial charge in [0.15, 0.2) is 0 Å². The molecule has 0 aliphatic heterocycles. The van der Waals surface area contributed by atoms with Gasteiger partial charge in [0.1, 0.15) is 0 Å². The van der Waals surface area contributed by atoms with Crippen LogP contribution in [0.4, 0.5) is 0 Å². The van der Waals surface area contributed by atoms with Gasteiger partial charge >= 0.3 is 0 Å². The summed E-state index contributed by atoms with van der Waals surface area (Å²) in [7, 11) is 0. The highest BCUT2D eigenvalue weighted by atomic mass is 16.3. The number of aliphatic hydroxyl groups is 1. The number of aliphatic hydroxyl groups excluding tert-OH is 1. The van der Waals surface area contributed by atoms with E-state index in [0.29, 0.717) is 0 Å². The summed E-state index contributed by atoms with van der Waals surface area (Å²) in [5.41, 5.74) is 1.12. The molecule has 1 aliphatic rings. The molecule has 0 atom stereocenters. The molecule has 1 aromatic heterocycles. The fourth-order valence-electron chi connectivity index (χ4n) is 2.76. The lowest BCUT2D eigenvalue weighted by Crippen LogP contribution is -2.50. The average molecular weight is 251 g/mol. The van der Waals surface area contributed by atoms with Crippen molar-refractivity contribution in [2.75, 3.05) is 6.61 Å². The second-order valence-corrected chi connectivity index (χ2v) is 5.65. The lowest BCUT2D eigenvalue weighted by molar-refractivity contribution is 0.103. The molecule has 0 saturated heterocycles. The van der Waals surface area contributed by atoms with Crippen molar-refractivity contribution < 1.29 is 5.11 Å². The summed E-state index contributed by atoms with van der Waals surface area (Å²) in [6.45, 7) is 6.39. The van der Waals surface area contributed by atoms with E-state index in [4.69, 9.17) is 0 Å². The third-order valence-electron chi connectivity index (χ3n) is 4.32. The van der Waals surface area contributed by atoms with Gasteiger partial charge in [-0.2, -0.15) is 0 Å². The zero-order chi connectivity index (χ0) is 13.0. The summed E-state index contributed by atoms with van der Waals surface area (Å²) in [4.78, 5) is 4.18. The summed E-state index contributed by atoms with van der Waals surface area (Å²) < 4.78 is 2.14. The first-order chi connectivity index (χ1) is 8.69. The predicted molar refractivity (Wildman–Crippen MR) is 72.2 cm³/mol. The molecule has 4 heteroatoms. The van der Waals surface area contributed by atoms with Crippen molar-refractivity contribution >= 4 is 0 Å². The Balaban J connectivity index is 1.95. The Morgan fingerprint density at radius 2 is 2.22 bits per heavy atom. The van der Waals surface area contributed by atoms with Gasteiger partial charge in [-0.05, 0) is 38.5 Å². The summed E-state index contributed by atoms with van der Waals surface area (Å²) in [5.74, 6) is 0.799. The van der Waals surface area contributed by atoms with Crippen LogP contribution in [0.15, 0.2) is 12.5 Å². The number of hydrogen-bond acceptors (Lipinski definition) is 3. The Bertz CT molecular complexity index is 367. The van der Waals surface area contributed by atoms with Gasteiger partial charge in [0.2, 0.25) is 0 Å². The van der Waals surface area contributed by atoms with Crippen molar-refractivity contribution in [2.45, 2.75) is 58.2 Å². The van der Waals surface area contributed by atoms with Crippen molar-refractivity contribution in [3.05, 3.63) is 18.2 Å². The molecule has 0 aromatic carbocycles. The Kier molecular flexibility index (Phi) is 4.40. The fourth-order valence-corrected chi connectivity index (χ4v) is 2.76. The van der Waals surface area contributed by atoms with Crippen LogP contribution in [0, 0.1) is 5.92 Å². The van der Waals surface area contributed by atoms with Crippen molar-refractivity contribution in [2.24, 2.45) is 5.92 Å². The molecule has 0 amide bonds. The molecule has 0 unspecified atom stereocenters. The monoisotopic (exact) mass is 251 g/mol. The summed E-state index contributed by atoms with van der Waals surface area (Å²) in [6, 6.07) is 0. The van der Waals surface area contributed by atoms with Crippen LogP contribution < -0.4 is 5.32 Å². The summed E-state index contributed by atoms with van der Waals surface area (Å²) in [5, 5.41) is 13.3. The number of aryl methyl sites for hydroxylation is 1. The van der Waals surface area contributed by atoms with Crippen molar-refractivity contribution in [3.8, 4) is 0 Å². The molecule has 18 heavy (non-hydrogen) atoms. The molecule has 1 aliphatic carbocycles. The second kappa shape index (κ2) is 5.85. The van der Waals surface area contributed by atoms with Crippen LogP contribution in [0.5, 0.6) is 0 Å². The lowest BCUT2D eigenvalue weighted by Gasteiger charge is -2.39. The number of hydrogen-bond donors (Lipinski definition) is 2. The molecule has 1 heterocycles. The normalized spacial score (nSPS) is 28.5. The predicted octanol–water partition coefficient (Wildman–Crippen LogP) is 1.93. The molecule has 102 valence electrons. The van der Waals surface area contributed by atoms with Crippen LogP contribution >= 0.6 is 0 Å². The number of imidazole rings is 1. The Labute approximate surface area is 109 Å². The van der Waals surface area contributed by atoms with Gasteiger partial charge in [-0.15, -0.1) is 0 Å². The van der Waals surface area contributed by atoms with E-state index in [2.05, 4.69) is 28.7 Å². The highest BCUT2D eigenvalue weighted by molar-refractivity contribution is 5.01. The van der Waals surface area contributed by atoms with Gasteiger partial charge in [0.25, 0.3) is 0 Å². The maximum Gasteiger partial charge on any atom is 0.0948 e. The van der Waals surface area contributed by atoms with Crippen LogP contribution in [0.1, 0.15) is 45.2 Å². The largest absolute Gasteiger partial charge is 0.394 e. The van der Waals surface area contributed by atoms with Gasteiger partial charge in [-0.25, -0.2) is 4.98 Å². The SMILES string of the molecule is CCn1cncc1CNC1(CO)CCC(C)CC1. The third kappa shape index (κ3) is 2.93. The van der Waals surface area contributed by atoms with Gasteiger partial charge in [0, 0.05) is 24.8 Å². The molecule has 0 radical (unpaired) electrons. The summed E-state index contributed by atoms with van der Waals surface area (Å²) >= 11 is 0. The highest BCUT2D eigenvalue weighted by Gasteiger charge is 2.33. The van der Waals surface area contributed by atoms with E-state index in [-0.39, 0.29) is 12.1 Å². The molecule has 4 nitrogen and oxygen atoms in total. The Morgan fingerprint density at radius 3 is 2.83 bits per heavy atom. The first-order valence-electron chi connectivity index (χ1n) is 7.04. The molecule has 0 spiro atoms. The van der Waals surface area contributed by atoms with Crippen LogP contribution in [0.25, 0.3) is 0 Å². The Morgan fingerprint density at radius 1 is 1.50 bits per heavy atom.